The second-order valence-electron chi connectivity index (χ2n) is 4.90. The van der Waals surface area contributed by atoms with Crippen molar-refractivity contribution in [2.75, 3.05) is 5.73 Å². The number of nitrogens with two attached hydrogens (primary N) is 1. The highest BCUT2D eigenvalue weighted by Crippen LogP contribution is 2.22. The van der Waals surface area contributed by atoms with Crippen LogP contribution in [0.4, 0.5) is 5.69 Å². The standard InChI is InChI=1S/C14H21N5OS/c1-5-9-7-16-14(21-9)8(3)17-13(20)12-11(15)10(6-2)18-19(12)4/h7-8H,5-6,15H2,1-4H3,(H,17,20). The smallest absolute Gasteiger partial charge is 0.272 e. The molecule has 1 unspecified atom stereocenters. The Hall–Kier alpha value is -1.89. The van der Waals surface area contributed by atoms with Gasteiger partial charge in [-0.15, -0.1) is 11.3 Å². The summed E-state index contributed by atoms with van der Waals surface area (Å²) in [6.45, 7) is 5.97. The third kappa shape index (κ3) is 3.07. The summed E-state index contributed by atoms with van der Waals surface area (Å²) in [6, 6.07) is -0.151. The van der Waals surface area contributed by atoms with Crippen LogP contribution in [-0.2, 0) is 19.9 Å². The van der Waals surface area contributed by atoms with Crippen molar-refractivity contribution in [3.8, 4) is 0 Å². The maximum absolute atomic E-state index is 12.4. The fourth-order valence-electron chi connectivity index (χ4n) is 2.14. The Morgan fingerprint density at radius 2 is 2.19 bits per heavy atom. The maximum atomic E-state index is 12.4. The first-order valence-electron chi connectivity index (χ1n) is 7.04. The Labute approximate surface area is 128 Å². The van der Waals surface area contributed by atoms with Gasteiger partial charge in [0, 0.05) is 18.1 Å². The fourth-order valence-corrected chi connectivity index (χ4v) is 3.00. The molecule has 0 saturated heterocycles. The normalized spacial score (nSPS) is 12.4. The minimum atomic E-state index is -0.219. The van der Waals surface area contributed by atoms with Crippen LogP contribution in [0.5, 0.6) is 0 Å². The zero-order valence-electron chi connectivity index (χ0n) is 12.8. The number of nitrogens with one attached hydrogen (secondary N) is 1. The number of aromatic nitrogens is 3. The quantitative estimate of drug-likeness (QED) is 0.885. The Kier molecular flexibility index (Phi) is 4.62. The molecule has 0 radical (unpaired) electrons. The molecule has 0 aliphatic carbocycles. The average Bonchev–Trinajstić information content (AvgIpc) is 3.03. The van der Waals surface area contributed by atoms with Crippen LogP contribution in [0.25, 0.3) is 0 Å². The van der Waals surface area contributed by atoms with Crippen LogP contribution in [0.2, 0.25) is 0 Å². The van der Waals surface area contributed by atoms with Gasteiger partial charge in [-0.25, -0.2) is 4.98 Å². The molecule has 0 saturated carbocycles. The van der Waals surface area contributed by atoms with E-state index in [9.17, 15) is 4.79 Å². The molecule has 0 aromatic carbocycles. The molecule has 7 heteroatoms. The number of hydrogen-bond acceptors (Lipinski definition) is 5. The molecule has 0 aliphatic rings. The van der Waals surface area contributed by atoms with Crippen molar-refractivity contribution >= 4 is 22.9 Å². The number of rotatable bonds is 5. The van der Waals surface area contributed by atoms with Crippen molar-refractivity contribution in [2.24, 2.45) is 7.05 Å². The number of nitrogen functional groups attached to an aromatic ring is 1. The first-order valence-corrected chi connectivity index (χ1v) is 7.86. The van der Waals surface area contributed by atoms with E-state index in [1.807, 2.05) is 20.0 Å². The molecule has 114 valence electrons. The molecule has 2 heterocycles. The third-order valence-electron chi connectivity index (χ3n) is 3.35. The average molecular weight is 307 g/mol. The highest BCUT2D eigenvalue weighted by Gasteiger charge is 2.21. The van der Waals surface area contributed by atoms with Gasteiger partial charge < -0.3 is 11.1 Å². The molecule has 6 nitrogen and oxygen atoms in total. The van der Waals surface area contributed by atoms with Crippen LogP contribution in [0, 0.1) is 0 Å². The third-order valence-corrected chi connectivity index (χ3v) is 4.67. The van der Waals surface area contributed by atoms with Crippen LogP contribution in [0.3, 0.4) is 0 Å². The molecule has 1 amide bonds. The van der Waals surface area contributed by atoms with Gasteiger partial charge in [0.05, 0.1) is 17.4 Å². The summed E-state index contributed by atoms with van der Waals surface area (Å²) < 4.78 is 1.54. The van der Waals surface area contributed by atoms with Crippen LogP contribution in [-0.4, -0.2) is 20.7 Å². The van der Waals surface area contributed by atoms with Crippen molar-refractivity contribution in [3.05, 3.63) is 27.5 Å². The van der Waals surface area contributed by atoms with Gasteiger partial charge in [-0.05, 0) is 19.8 Å². The van der Waals surface area contributed by atoms with E-state index in [1.54, 1.807) is 18.4 Å². The second kappa shape index (κ2) is 6.26. The number of aryl methyl sites for hydroxylation is 3. The van der Waals surface area contributed by atoms with Crippen molar-refractivity contribution < 1.29 is 4.79 Å². The number of amides is 1. The molecule has 0 spiro atoms. The lowest BCUT2D eigenvalue weighted by Crippen LogP contribution is -2.29. The molecule has 0 bridgehead atoms. The van der Waals surface area contributed by atoms with Crippen molar-refractivity contribution in [2.45, 2.75) is 39.7 Å². The van der Waals surface area contributed by atoms with E-state index in [4.69, 9.17) is 5.73 Å². The highest BCUT2D eigenvalue weighted by atomic mass is 32.1. The zero-order valence-corrected chi connectivity index (χ0v) is 13.6. The Morgan fingerprint density at radius 3 is 2.71 bits per heavy atom. The summed E-state index contributed by atoms with van der Waals surface area (Å²) in [5.74, 6) is -0.219. The van der Waals surface area contributed by atoms with Crippen LogP contribution in [0.1, 0.15) is 52.9 Å². The Balaban J connectivity index is 2.16. The van der Waals surface area contributed by atoms with Gasteiger partial charge in [0.1, 0.15) is 10.7 Å². The lowest BCUT2D eigenvalue weighted by Gasteiger charge is -2.11. The molecule has 2 aromatic rings. The summed E-state index contributed by atoms with van der Waals surface area (Å²) >= 11 is 1.62. The molecule has 3 N–H and O–H groups in total. The summed E-state index contributed by atoms with van der Waals surface area (Å²) in [5, 5.41) is 8.10. The topological polar surface area (TPSA) is 85.8 Å². The van der Waals surface area contributed by atoms with E-state index in [0.29, 0.717) is 17.8 Å². The van der Waals surface area contributed by atoms with E-state index >= 15 is 0 Å². The van der Waals surface area contributed by atoms with Crippen molar-refractivity contribution in [1.82, 2.24) is 20.1 Å². The monoisotopic (exact) mass is 307 g/mol. The predicted molar refractivity (Wildman–Crippen MR) is 84.4 cm³/mol. The van der Waals surface area contributed by atoms with Gasteiger partial charge in [-0.2, -0.15) is 5.10 Å². The first-order chi connectivity index (χ1) is 9.97. The maximum Gasteiger partial charge on any atom is 0.272 e. The number of anilines is 1. The minimum Gasteiger partial charge on any atom is -0.395 e. The number of carbonyl (C=O) groups is 1. The van der Waals surface area contributed by atoms with Gasteiger partial charge in [0.25, 0.3) is 5.91 Å². The van der Waals surface area contributed by atoms with Crippen LogP contribution < -0.4 is 11.1 Å². The van der Waals surface area contributed by atoms with E-state index in [0.717, 1.165) is 17.1 Å². The highest BCUT2D eigenvalue weighted by molar-refractivity contribution is 7.11. The number of nitrogens with zero attached hydrogens (tertiary/aromatic N) is 3. The SMILES string of the molecule is CCc1cnc(C(C)NC(=O)c2c(N)c(CC)nn2C)s1. The zero-order chi connectivity index (χ0) is 15.6. The lowest BCUT2D eigenvalue weighted by molar-refractivity contribution is 0.0931. The van der Waals surface area contributed by atoms with Crippen LogP contribution >= 0.6 is 11.3 Å². The molecule has 0 fully saturated rings. The molecule has 0 aliphatic heterocycles. The summed E-state index contributed by atoms with van der Waals surface area (Å²) in [6.07, 6.45) is 3.51. The molecule has 2 aromatic heterocycles. The van der Waals surface area contributed by atoms with Crippen molar-refractivity contribution in [3.63, 3.8) is 0 Å². The summed E-state index contributed by atoms with van der Waals surface area (Å²) in [7, 11) is 1.73. The van der Waals surface area contributed by atoms with Gasteiger partial charge in [-0.3, -0.25) is 9.48 Å². The number of carbonyl (C=O) groups excluding carboxylic acids is 1. The molecule has 21 heavy (non-hydrogen) atoms. The predicted octanol–water partition coefficient (Wildman–Crippen LogP) is 2.07. The van der Waals surface area contributed by atoms with Gasteiger partial charge in [-0.1, -0.05) is 13.8 Å². The van der Waals surface area contributed by atoms with Crippen molar-refractivity contribution in [1.29, 1.82) is 0 Å². The summed E-state index contributed by atoms with van der Waals surface area (Å²) in [5.41, 5.74) is 7.61. The number of hydrogen-bond donors (Lipinski definition) is 2. The molecular weight excluding hydrogens is 286 g/mol. The fraction of sp³-hybridized carbons (Fsp3) is 0.500. The first kappa shape index (κ1) is 15.5. The second-order valence-corrected chi connectivity index (χ2v) is 6.05. The van der Waals surface area contributed by atoms with E-state index < -0.39 is 0 Å². The lowest BCUT2D eigenvalue weighted by atomic mass is 10.2. The van der Waals surface area contributed by atoms with E-state index in [2.05, 4.69) is 22.3 Å². The van der Waals surface area contributed by atoms with Gasteiger partial charge in [0.15, 0.2) is 0 Å². The molecule has 2 rings (SSSR count). The Morgan fingerprint density at radius 1 is 1.48 bits per heavy atom. The van der Waals surface area contributed by atoms with Gasteiger partial charge in [0.2, 0.25) is 0 Å². The number of thiazole rings is 1. The van der Waals surface area contributed by atoms with Crippen LogP contribution in [0.15, 0.2) is 6.20 Å². The minimum absolute atomic E-state index is 0.151. The molecular formula is C14H21N5OS. The molecule has 1 atom stereocenters. The summed E-state index contributed by atoms with van der Waals surface area (Å²) in [4.78, 5) is 18.0. The van der Waals surface area contributed by atoms with Gasteiger partial charge >= 0.3 is 0 Å². The Bertz CT molecular complexity index is 646. The van der Waals surface area contributed by atoms with E-state index in [-0.39, 0.29) is 11.9 Å². The largest absolute Gasteiger partial charge is 0.395 e. The van der Waals surface area contributed by atoms with E-state index in [1.165, 1.54) is 9.56 Å².